The number of halogens is 2. The number of benzene rings is 2. The normalized spacial score (nSPS) is 14.0. The van der Waals surface area contributed by atoms with Crippen molar-refractivity contribution in [1.29, 1.82) is 0 Å². The highest BCUT2D eigenvalue weighted by Gasteiger charge is 2.13. The minimum Gasteiger partial charge on any atom is -0.307 e. The molecule has 0 aliphatic rings. The molecule has 0 heterocycles. The van der Waals surface area contributed by atoms with E-state index < -0.39 is 0 Å². The molecule has 0 saturated carbocycles. The molecule has 2 unspecified atom stereocenters. The number of rotatable bonds is 5. The Morgan fingerprint density at radius 3 is 2.52 bits per heavy atom. The number of hydrogen-bond acceptors (Lipinski definition) is 1. The van der Waals surface area contributed by atoms with Gasteiger partial charge < -0.3 is 5.32 Å². The summed E-state index contributed by atoms with van der Waals surface area (Å²) in [6.45, 7) is 6.43. The molecule has 21 heavy (non-hydrogen) atoms. The summed E-state index contributed by atoms with van der Waals surface area (Å²) in [6.07, 6.45) is 0.982. The van der Waals surface area contributed by atoms with E-state index in [1.54, 1.807) is 0 Å². The summed E-state index contributed by atoms with van der Waals surface area (Å²) in [6, 6.07) is 13.8. The molecule has 2 aromatic rings. The van der Waals surface area contributed by atoms with Gasteiger partial charge >= 0.3 is 0 Å². The maximum atomic E-state index is 13.2. The van der Waals surface area contributed by atoms with Crippen molar-refractivity contribution in [2.24, 2.45) is 0 Å². The molecule has 3 heteroatoms. The van der Waals surface area contributed by atoms with Gasteiger partial charge in [0.05, 0.1) is 0 Å². The predicted molar refractivity (Wildman–Crippen MR) is 90.0 cm³/mol. The van der Waals surface area contributed by atoms with Gasteiger partial charge in [0, 0.05) is 16.6 Å². The van der Waals surface area contributed by atoms with Crippen LogP contribution in [-0.2, 0) is 6.42 Å². The van der Waals surface area contributed by atoms with Gasteiger partial charge in [-0.25, -0.2) is 4.39 Å². The van der Waals surface area contributed by atoms with Crippen molar-refractivity contribution in [2.75, 3.05) is 0 Å². The van der Waals surface area contributed by atoms with Crippen molar-refractivity contribution in [3.63, 3.8) is 0 Å². The van der Waals surface area contributed by atoms with Crippen molar-refractivity contribution in [3.05, 3.63) is 69.4 Å². The molecule has 2 aromatic carbocycles. The van der Waals surface area contributed by atoms with E-state index in [1.807, 2.05) is 6.07 Å². The summed E-state index contributed by atoms with van der Waals surface area (Å²) >= 11 is 3.44. The molecule has 2 rings (SSSR count). The van der Waals surface area contributed by atoms with Crippen molar-refractivity contribution in [2.45, 2.75) is 39.3 Å². The van der Waals surface area contributed by atoms with E-state index >= 15 is 0 Å². The molecular weight excluding hydrogens is 329 g/mol. The number of hydrogen-bond donors (Lipinski definition) is 1. The Morgan fingerprint density at radius 2 is 1.86 bits per heavy atom. The summed E-state index contributed by atoms with van der Waals surface area (Å²) in [5, 5.41) is 3.58. The Morgan fingerprint density at radius 1 is 1.14 bits per heavy atom. The molecule has 0 radical (unpaired) electrons. The fraction of sp³-hybridized carbons (Fsp3) is 0.333. The molecular formula is C18H21BrFN. The first-order valence-corrected chi connectivity index (χ1v) is 8.02. The van der Waals surface area contributed by atoms with Crippen molar-refractivity contribution in [3.8, 4) is 0 Å². The summed E-state index contributed by atoms with van der Waals surface area (Å²) in [5.41, 5.74) is 3.76. The van der Waals surface area contributed by atoms with Crippen LogP contribution in [0.2, 0.25) is 0 Å². The van der Waals surface area contributed by atoms with Gasteiger partial charge in [0.1, 0.15) is 5.82 Å². The largest absolute Gasteiger partial charge is 0.307 e. The second kappa shape index (κ2) is 7.19. The van der Waals surface area contributed by atoms with Crippen LogP contribution in [0.5, 0.6) is 0 Å². The third-order valence-corrected chi connectivity index (χ3v) is 4.44. The highest BCUT2D eigenvalue weighted by atomic mass is 79.9. The van der Waals surface area contributed by atoms with Gasteiger partial charge in [-0.1, -0.05) is 46.3 Å². The highest BCUT2D eigenvalue weighted by Crippen LogP contribution is 2.24. The third kappa shape index (κ3) is 4.39. The van der Waals surface area contributed by atoms with Crippen LogP contribution in [0, 0.1) is 12.7 Å². The smallest absolute Gasteiger partial charge is 0.124 e. The summed E-state index contributed by atoms with van der Waals surface area (Å²) in [5.74, 6) is -0.217. The van der Waals surface area contributed by atoms with Gasteiger partial charge in [-0.3, -0.25) is 0 Å². The van der Waals surface area contributed by atoms with Gasteiger partial charge in [-0.2, -0.15) is 0 Å². The lowest BCUT2D eigenvalue weighted by molar-refractivity contribution is 0.475. The molecule has 0 aliphatic heterocycles. The molecule has 112 valence electrons. The second-order valence-corrected chi connectivity index (χ2v) is 6.44. The predicted octanol–water partition coefficient (Wildman–Crippen LogP) is 5.18. The van der Waals surface area contributed by atoms with E-state index in [9.17, 15) is 4.39 Å². The first-order chi connectivity index (χ1) is 9.97. The van der Waals surface area contributed by atoms with E-state index in [0.717, 1.165) is 16.5 Å². The van der Waals surface area contributed by atoms with Gasteiger partial charge in [-0.05, 0) is 56.0 Å². The second-order valence-electron chi connectivity index (χ2n) is 5.59. The maximum Gasteiger partial charge on any atom is 0.124 e. The van der Waals surface area contributed by atoms with Crippen LogP contribution in [0.1, 0.15) is 36.6 Å². The van der Waals surface area contributed by atoms with Gasteiger partial charge in [0.25, 0.3) is 0 Å². The summed E-state index contributed by atoms with van der Waals surface area (Å²) in [4.78, 5) is 0. The van der Waals surface area contributed by atoms with E-state index in [0.29, 0.717) is 6.04 Å². The molecule has 0 spiro atoms. The molecule has 0 amide bonds. The minimum absolute atomic E-state index is 0.166. The molecule has 2 atom stereocenters. The third-order valence-electron chi connectivity index (χ3n) is 3.75. The van der Waals surface area contributed by atoms with Crippen LogP contribution in [0.25, 0.3) is 0 Å². The zero-order valence-corrected chi connectivity index (χ0v) is 14.2. The molecule has 0 aromatic heterocycles. The average molecular weight is 350 g/mol. The van der Waals surface area contributed by atoms with E-state index in [-0.39, 0.29) is 11.9 Å². The van der Waals surface area contributed by atoms with Gasteiger partial charge in [-0.15, -0.1) is 0 Å². The van der Waals surface area contributed by atoms with Crippen LogP contribution in [0.15, 0.2) is 46.9 Å². The number of aryl methyl sites for hydroxylation is 1. The van der Waals surface area contributed by atoms with E-state index in [4.69, 9.17) is 0 Å². The summed E-state index contributed by atoms with van der Waals surface area (Å²) in [7, 11) is 0. The monoisotopic (exact) mass is 349 g/mol. The molecule has 0 fully saturated rings. The van der Waals surface area contributed by atoms with Crippen molar-refractivity contribution >= 4 is 15.9 Å². The van der Waals surface area contributed by atoms with Crippen molar-refractivity contribution in [1.82, 2.24) is 5.32 Å². The minimum atomic E-state index is -0.217. The molecule has 0 aliphatic carbocycles. The molecule has 0 bridgehead atoms. The van der Waals surface area contributed by atoms with Crippen LogP contribution >= 0.6 is 15.9 Å². The lowest BCUT2D eigenvalue weighted by atomic mass is 10.0. The zero-order chi connectivity index (χ0) is 15.4. The lowest BCUT2D eigenvalue weighted by Crippen LogP contribution is -2.31. The Hall–Kier alpha value is -1.19. The lowest BCUT2D eigenvalue weighted by Gasteiger charge is -2.22. The van der Waals surface area contributed by atoms with E-state index in [2.05, 4.69) is 66.3 Å². The van der Waals surface area contributed by atoms with E-state index in [1.165, 1.54) is 23.3 Å². The highest BCUT2D eigenvalue weighted by molar-refractivity contribution is 9.10. The Kier molecular flexibility index (Phi) is 5.54. The SMILES string of the molecule is Cc1ccccc1CC(C)NC(C)c1ccc(F)cc1Br. The van der Waals surface area contributed by atoms with Crippen LogP contribution in [0.3, 0.4) is 0 Å². The Labute approximate surface area is 134 Å². The molecule has 0 saturated heterocycles. The van der Waals surface area contributed by atoms with Crippen LogP contribution < -0.4 is 5.32 Å². The molecule has 1 nitrogen and oxygen atoms in total. The fourth-order valence-corrected chi connectivity index (χ4v) is 3.29. The van der Waals surface area contributed by atoms with Crippen LogP contribution in [0.4, 0.5) is 4.39 Å². The first kappa shape index (κ1) is 16.2. The van der Waals surface area contributed by atoms with Crippen molar-refractivity contribution < 1.29 is 4.39 Å². The maximum absolute atomic E-state index is 13.2. The quantitative estimate of drug-likeness (QED) is 0.784. The number of nitrogens with one attached hydrogen (secondary N) is 1. The average Bonchev–Trinajstić information content (AvgIpc) is 2.41. The van der Waals surface area contributed by atoms with Gasteiger partial charge in [0.15, 0.2) is 0 Å². The first-order valence-electron chi connectivity index (χ1n) is 7.23. The molecule has 1 N–H and O–H groups in total. The topological polar surface area (TPSA) is 12.0 Å². The standard InChI is InChI=1S/C18H21BrFN/c1-12-6-4-5-7-15(12)10-13(2)21-14(3)17-9-8-16(20)11-18(17)19/h4-9,11,13-14,21H,10H2,1-3H3. The summed E-state index contributed by atoms with van der Waals surface area (Å²) < 4.78 is 14.0. The zero-order valence-electron chi connectivity index (χ0n) is 12.7. The van der Waals surface area contributed by atoms with Gasteiger partial charge in [0.2, 0.25) is 0 Å². The Balaban J connectivity index is 2.02. The fourth-order valence-electron chi connectivity index (χ4n) is 2.60. The van der Waals surface area contributed by atoms with Crippen LogP contribution in [-0.4, -0.2) is 6.04 Å². The Bertz CT molecular complexity index is 612.